The molecule has 90 valence electrons. The van der Waals surface area contributed by atoms with Crippen LogP contribution in [0.25, 0.3) is 0 Å². The summed E-state index contributed by atoms with van der Waals surface area (Å²) < 4.78 is 0. The highest BCUT2D eigenvalue weighted by molar-refractivity contribution is 4.98. The van der Waals surface area contributed by atoms with E-state index >= 15 is 0 Å². The lowest BCUT2D eigenvalue weighted by Gasteiger charge is -2.28. The molecule has 0 aliphatic rings. The molecule has 0 rings (SSSR count). The van der Waals surface area contributed by atoms with E-state index in [1.807, 2.05) is 0 Å². The lowest BCUT2D eigenvalue weighted by atomic mass is 9.98. The number of hydrogen-bond acceptors (Lipinski definition) is 2. The third-order valence-corrected chi connectivity index (χ3v) is 2.53. The fourth-order valence-corrected chi connectivity index (χ4v) is 1.83. The van der Waals surface area contributed by atoms with Gasteiger partial charge in [-0.1, -0.05) is 26.0 Å². The van der Waals surface area contributed by atoms with E-state index in [1.54, 1.807) is 0 Å². The normalized spacial score (nSPS) is 13.9. The summed E-state index contributed by atoms with van der Waals surface area (Å²) in [6, 6.07) is 0.589. The van der Waals surface area contributed by atoms with E-state index in [0.717, 1.165) is 25.3 Å². The number of rotatable bonds is 7. The Morgan fingerprint density at radius 3 is 1.93 bits per heavy atom. The van der Waals surface area contributed by atoms with Gasteiger partial charge in [-0.05, 0) is 47.0 Å². The lowest BCUT2D eigenvalue weighted by molar-refractivity contribution is 0.225. The first-order valence-electron chi connectivity index (χ1n) is 5.80. The van der Waals surface area contributed by atoms with Crippen LogP contribution in [0.2, 0.25) is 0 Å². The van der Waals surface area contributed by atoms with Crippen molar-refractivity contribution in [2.24, 2.45) is 5.92 Å². The predicted molar refractivity (Wildman–Crippen MR) is 69.2 cm³/mol. The Hall–Kier alpha value is -0.340. The van der Waals surface area contributed by atoms with Crippen LogP contribution in [-0.2, 0) is 0 Å². The summed E-state index contributed by atoms with van der Waals surface area (Å²) in [6.45, 7) is 9.78. The molecule has 0 aromatic rings. The van der Waals surface area contributed by atoms with Crippen LogP contribution in [0.3, 0.4) is 0 Å². The molecule has 0 aromatic carbocycles. The van der Waals surface area contributed by atoms with Gasteiger partial charge in [-0.3, -0.25) is 0 Å². The van der Waals surface area contributed by atoms with Gasteiger partial charge in [0.1, 0.15) is 0 Å². The van der Waals surface area contributed by atoms with Crippen LogP contribution in [0.1, 0.15) is 26.7 Å². The van der Waals surface area contributed by atoms with Crippen LogP contribution in [0.5, 0.6) is 0 Å². The Bertz CT molecular complexity index is 183. The Morgan fingerprint density at radius 2 is 1.60 bits per heavy atom. The van der Waals surface area contributed by atoms with E-state index in [1.165, 1.54) is 5.57 Å². The van der Waals surface area contributed by atoms with Gasteiger partial charge < -0.3 is 9.80 Å². The lowest BCUT2D eigenvalue weighted by Crippen LogP contribution is -2.37. The molecule has 0 amide bonds. The smallest absolute Gasteiger partial charge is 0.0253 e. The fourth-order valence-electron chi connectivity index (χ4n) is 1.83. The first-order chi connectivity index (χ1) is 6.82. The minimum Gasteiger partial charge on any atom is -0.308 e. The van der Waals surface area contributed by atoms with Gasteiger partial charge >= 0.3 is 0 Å². The highest BCUT2D eigenvalue weighted by Crippen LogP contribution is 2.16. The highest BCUT2D eigenvalue weighted by Gasteiger charge is 2.14. The highest BCUT2D eigenvalue weighted by atomic mass is 15.2. The maximum absolute atomic E-state index is 4.18. The molecular weight excluding hydrogens is 184 g/mol. The zero-order valence-electron chi connectivity index (χ0n) is 11.4. The first-order valence-corrected chi connectivity index (χ1v) is 5.80. The topological polar surface area (TPSA) is 6.48 Å². The van der Waals surface area contributed by atoms with Crippen molar-refractivity contribution in [3.8, 4) is 0 Å². The van der Waals surface area contributed by atoms with Crippen molar-refractivity contribution in [3.05, 3.63) is 12.2 Å². The molecule has 0 saturated heterocycles. The Morgan fingerprint density at radius 1 is 1.07 bits per heavy atom. The molecule has 0 N–H and O–H groups in total. The van der Waals surface area contributed by atoms with Gasteiger partial charge in [0.05, 0.1) is 0 Å². The Balaban J connectivity index is 4.10. The second kappa shape index (κ2) is 7.02. The van der Waals surface area contributed by atoms with E-state index in [4.69, 9.17) is 0 Å². The molecule has 0 aromatic heterocycles. The molecule has 0 aliphatic heterocycles. The Kier molecular flexibility index (Phi) is 6.86. The summed E-state index contributed by atoms with van der Waals surface area (Å²) in [4.78, 5) is 4.54. The summed E-state index contributed by atoms with van der Waals surface area (Å²) in [5.41, 5.74) is 1.38. The quantitative estimate of drug-likeness (QED) is 0.598. The molecule has 0 fully saturated rings. The van der Waals surface area contributed by atoms with Gasteiger partial charge in [0.15, 0.2) is 0 Å². The van der Waals surface area contributed by atoms with Crippen LogP contribution < -0.4 is 0 Å². The van der Waals surface area contributed by atoms with Crippen molar-refractivity contribution in [3.63, 3.8) is 0 Å². The summed E-state index contributed by atoms with van der Waals surface area (Å²) in [6.07, 6.45) is 2.27. The van der Waals surface area contributed by atoms with Crippen LogP contribution in [0.4, 0.5) is 0 Å². The molecular formula is C13H28N2. The number of likely N-dealkylation sites (N-methyl/N-ethyl adjacent to an activating group) is 2. The number of hydrogen-bond donors (Lipinski definition) is 0. The third-order valence-electron chi connectivity index (χ3n) is 2.53. The van der Waals surface area contributed by atoms with E-state index in [9.17, 15) is 0 Å². The number of nitrogens with zero attached hydrogens (tertiary/aromatic N) is 2. The molecule has 0 heterocycles. The van der Waals surface area contributed by atoms with Crippen molar-refractivity contribution in [2.75, 3.05) is 34.7 Å². The fraction of sp³-hybridized carbons (Fsp3) is 0.846. The second-order valence-electron chi connectivity index (χ2n) is 5.43. The van der Waals surface area contributed by atoms with E-state index in [2.05, 4.69) is 58.4 Å². The summed E-state index contributed by atoms with van der Waals surface area (Å²) >= 11 is 0. The second-order valence-corrected chi connectivity index (χ2v) is 5.43. The molecule has 0 saturated carbocycles. The zero-order valence-corrected chi connectivity index (χ0v) is 11.4. The monoisotopic (exact) mass is 212 g/mol. The summed E-state index contributed by atoms with van der Waals surface area (Å²) in [7, 11) is 8.55. The molecule has 2 heteroatoms. The van der Waals surface area contributed by atoms with Crippen LogP contribution >= 0.6 is 0 Å². The first kappa shape index (κ1) is 14.7. The van der Waals surface area contributed by atoms with Gasteiger partial charge in [0, 0.05) is 12.6 Å². The maximum atomic E-state index is 4.18. The van der Waals surface area contributed by atoms with E-state index in [0.29, 0.717) is 6.04 Å². The molecule has 1 unspecified atom stereocenters. The van der Waals surface area contributed by atoms with Gasteiger partial charge in [0.2, 0.25) is 0 Å². The van der Waals surface area contributed by atoms with Crippen molar-refractivity contribution in [2.45, 2.75) is 32.7 Å². The molecule has 1 atom stereocenters. The van der Waals surface area contributed by atoms with Crippen LogP contribution in [-0.4, -0.2) is 50.6 Å². The summed E-state index contributed by atoms with van der Waals surface area (Å²) in [5.74, 6) is 0.722. The molecule has 0 bridgehead atoms. The molecule has 0 radical (unpaired) electrons. The van der Waals surface area contributed by atoms with Crippen molar-refractivity contribution < 1.29 is 0 Å². The van der Waals surface area contributed by atoms with Crippen molar-refractivity contribution in [1.29, 1.82) is 0 Å². The minimum atomic E-state index is 0.589. The van der Waals surface area contributed by atoms with Gasteiger partial charge in [-0.2, -0.15) is 0 Å². The van der Waals surface area contributed by atoms with Crippen LogP contribution in [0, 0.1) is 5.92 Å². The van der Waals surface area contributed by atoms with Gasteiger partial charge in [-0.15, -0.1) is 0 Å². The molecule has 0 spiro atoms. The summed E-state index contributed by atoms with van der Waals surface area (Å²) in [5, 5.41) is 0. The van der Waals surface area contributed by atoms with Crippen molar-refractivity contribution in [1.82, 2.24) is 9.80 Å². The predicted octanol–water partition coefficient (Wildman–Crippen LogP) is 2.47. The standard InChI is InChI=1S/C13H28N2/c1-11(2)8-12(3)9-13(15(6)7)10-14(4)5/h11,13H,3,8-10H2,1-2,4-7H3. The Labute approximate surface area is 95.9 Å². The molecule has 0 aliphatic carbocycles. The largest absolute Gasteiger partial charge is 0.308 e. The van der Waals surface area contributed by atoms with Crippen LogP contribution in [0.15, 0.2) is 12.2 Å². The van der Waals surface area contributed by atoms with E-state index < -0.39 is 0 Å². The third kappa shape index (κ3) is 7.57. The maximum Gasteiger partial charge on any atom is 0.0253 e. The van der Waals surface area contributed by atoms with Gasteiger partial charge in [-0.25, -0.2) is 0 Å². The zero-order chi connectivity index (χ0) is 12.0. The molecule has 2 nitrogen and oxygen atoms in total. The van der Waals surface area contributed by atoms with E-state index in [-0.39, 0.29) is 0 Å². The average molecular weight is 212 g/mol. The molecule has 15 heavy (non-hydrogen) atoms. The SMILES string of the molecule is C=C(CC(C)C)CC(CN(C)C)N(C)C. The minimum absolute atomic E-state index is 0.589. The van der Waals surface area contributed by atoms with Crippen molar-refractivity contribution >= 4 is 0 Å². The average Bonchev–Trinajstić information content (AvgIpc) is 1.99. The van der Waals surface area contributed by atoms with Gasteiger partial charge in [0.25, 0.3) is 0 Å².